The van der Waals surface area contributed by atoms with E-state index in [0.717, 1.165) is 28.4 Å². The van der Waals surface area contributed by atoms with Crippen molar-refractivity contribution in [3.63, 3.8) is 0 Å². The molecule has 1 aromatic heterocycles. The van der Waals surface area contributed by atoms with Crippen LogP contribution < -0.4 is 9.64 Å². The molecule has 2 heterocycles. The van der Waals surface area contributed by atoms with Crippen LogP contribution in [-0.4, -0.2) is 41.0 Å². The van der Waals surface area contributed by atoms with Gasteiger partial charge in [0.25, 0.3) is 5.91 Å². The van der Waals surface area contributed by atoms with Crippen molar-refractivity contribution in [1.82, 2.24) is 9.47 Å². The standard InChI is InChI=1S/C30H28FN3O3/c1-20(2)33(30(36)22-10-14-23(31)15-11-22)19-28(35)34-26-8-5-4-7-25(26)32-18-6-9-27(32)29(34)21-12-16-24(37-3)17-13-21/h4-18,20,29H,19H2,1-3H3. The average Bonchev–Trinajstić information content (AvgIpc) is 3.41. The number of hydrogen-bond acceptors (Lipinski definition) is 3. The van der Waals surface area contributed by atoms with Gasteiger partial charge >= 0.3 is 0 Å². The number of nitrogens with zero attached hydrogens (tertiary/aromatic N) is 3. The number of anilines is 1. The highest BCUT2D eigenvalue weighted by molar-refractivity contribution is 6.02. The van der Waals surface area contributed by atoms with E-state index in [2.05, 4.69) is 4.57 Å². The minimum absolute atomic E-state index is 0.129. The Morgan fingerprint density at radius 3 is 2.24 bits per heavy atom. The number of rotatable bonds is 6. The van der Waals surface area contributed by atoms with Gasteiger partial charge in [0.1, 0.15) is 24.2 Å². The lowest BCUT2D eigenvalue weighted by molar-refractivity contribution is -0.120. The number of fused-ring (bicyclic) bond motifs is 3. The number of benzene rings is 3. The van der Waals surface area contributed by atoms with Gasteiger partial charge in [-0.1, -0.05) is 24.3 Å². The highest BCUT2D eigenvalue weighted by Gasteiger charge is 2.37. The predicted octanol–water partition coefficient (Wildman–Crippen LogP) is 5.61. The summed E-state index contributed by atoms with van der Waals surface area (Å²) in [5.41, 5.74) is 3.85. The zero-order chi connectivity index (χ0) is 26.1. The molecule has 0 N–H and O–H groups in total. The Hall–Kier alpha value is -4.39. The van der Waals surface area contributed by atoms with Gasteiger partial charge in [0.15, 0.2) is 0 Å². The first-order valence-corrected chi connectivity index (χ1v) is 12.2. The number of amides is 2. The van der Waals surface area contributed by atoms with Crippen molar-refractivity contribution >= 4 is 17.5 Å². The molecule has 37 heavy (non-hydrogen) atoms. The second kappa shape index (κ2) is 9.93. The van der Waals surface area contributed by atoms with Crippen molar-refractivity contribution in [2.24, 2.45) is 0 Å². The van der Waals surface area contributed by atoms with E-state index in [9.17, 15) is 14.0 Å². The summed E-state index contributed by atoms with van der Waals surface area (Å²) in [4.78, 5) is 30.8. The van der Waals surface area contributed by atoms with Crippen LogP contribution in [0.4, 0.5) is 10.1 Å². The van der Waals surface area contributed by atoms with Gasteiger partial charge in [-0.15, -0.1) is 0 Å². The first-order valence-electron chi connectivity index (χ1n) is 12.2. The van der Waals surface area contributed by atoms with E-state index in [1.165, 1.54) is 29.2 Å². The van der Waals surface area contributed by atoms with Crippen LogP contribution in [0.3, 0.4) is 0 Å². The third-order valence-electron chi connectivity index (χ3n) is 6.70. The molecule has 0 radical (unpaired) electrons. The molecule has 0 fully saturated rings. The SMILES string of the molecule is COc1ccc(C2c3cccn3-c3ccccc3N2C(=O)CN(C(=O)c2ccc(F)cc2)C(C)C)cc1. The van der Waals surface area contributed by atoms with E-state index in [1.54, 1.807) is 12.0 Å². The molecule has 1 atom stereocenters. The van der Waals surface area contributed by atoms with Crippen LogP contribution in [-0.2, 0) is 4.79 Å². The van der Waals surface area contributed by atoms with Crippen LogP contribution >= 0.6 is 0 Å². The zero-order valence-corrected chi connectivity index (χ0v) is 21.0. The average molecular weight is 498 g/mol. The van der Waals surface area contributed by atoms with Crippen LogP contribution in [0.25, 0.3) is 5.69 Å². The number of hydrogen-bond donors (Lipinski definition) is 0. The van der Waals surface area contributed by atoms with Gasteiger partial charge in [0.2, 0.25) is 5.91 Å². The smallest absolute Gasteiger partial charge is 0.254 e. The minimum atomic E-state index is -0.418. The third-order valence-corrected chi connectivity index (χ3v) is 6.70. The van der Waals surface area contributed by atoms with Gasteiger partial charge < -0.3 is 14.2 Å². The summed E-state index contributed by atoms with van der Waals surface area (Å²) < 4.78 is 20.9. The lowest BCUT2D eigenvalue weighted by atomic mass is 9.97. The Balaban J connectivity index is 1.56. The largest absolute Gasteiger partial charge is 0.497 e. The maximum Gasteiger partial charge on any atom is 0.254 e. The summed E-state index contributed by atoms with van der Waals surface area (Å²) in [6, 6.07) is 24.1. The molecule has 0 saturated heterocycles. The van der Waals surface area contributed by atoms with Crippen LogP contribution in [0.1, 0.15) is 41.5 Å². The van der Waals surface area contributed by atoms with Crippen LogP contribution in [0.5, 0.6) is 5.75 Å². The fraction of sp³-hybridized carbons (Fsp3) is 0.200. The van der Waals surface area contributed by atoms with Gasteiger partial charge in [-0.2, -0.15) is 0 Å². The molecule has 0 aliphatic carbocycles. The van der Waals surface area contributed by atoms with Gasteiger partial charge in [-0.3, -0.25) is 14.5 Å². The molecule has 188 valence electrons. The molecule has 3 aromatic carbocycles. The van der Waals surface area contributed by atoms with Gasteiger partial charge in [0.05, 0.1) is 24.2 Å². The molecule has 0 saturated carbocycles. The first-order chi connectivity index (χ1) is 17.9. The Morgan fingerprint density at radius 1 is 0.919 bits per heavy atom. The molecule has 6 nitrogen and oxygen atoms in total. The zero-order valence-electron chi connectivity index (χ0n) is 21.0. The number of halogens is 1. The van der Waals surface area contributed by atoms with Gasteiger partial charge in [-0.05, 0) is 80.1 Å². The number of methoxy groups -OCH3 is 1. The summed E-state index contributed by atoms with van der Waals surface area (Å²) in [5, 5.41) is 0. The van der Waals surface area contributed by atoms with Crippen molar-refractivity contribution in [1.29, 1.82) is 0 Å². The Morgan fingerprint density at radius 2 is 1.59 bits per heavy atom. The highest BCUT2D eigenvalue weighted by atomic mass is 19.1. The van der Waals surface area contributed by atoms with Crippen LogP contribution in [0.2, 0.25) is 0 Å². The molecule has 0 spiro atoms. The lowest BCUT2D eigenvalue weighted by Gasteiger charge is -2.40. The topological polar surface area (TPSA) is 54.8 Å². The Kier molecular flexibility index (Phi) is 6.53. The van der Waals surface area contributed by atoms with E-state index >= 15 is 0 Å². The van der Waals surface area contributed by atoms with Crippen molar-refractivity contribution in [2.75, 3.05) is 18.6 Å². The summed E-state index contributed by atoms with van der Waals surface area (Å²) >= 11 is 0. The molecular weight excluding hydrogens is 469 g/mol. The van der Waals surface area contributed by atoms with Crippen LogP contribution in [0.15, 0.2) is 91.1 Å². The van der Waals surface area contributed by atoms with Gasteiger partial charge in [0, 0.05) is 17.8 Å². The molecule has 5 rings (SSSR count). The highest BCUT2D eigenvalue weighted by Crippen LogP contribution is 2.42. The van der Waals surface area contributed by atoms with E-state index in [0.29, 0.717) is 5.56 Å². The number of carbonyl (C=O) groups excluding carboxylic acids is 2. The van der Waals surface area contributed by atoms with E-state index in [4.69, 9.17) is 4.74 Å². The number of para-hydroxylation sites is 2. The second-order valence-corrected chi connectivity index (χ2v) is 9.26. The minimum Gasteiger partial charge on any atom is -0.497 e. The molecule has 1 aliphatic heterocycles. The number of carbonyl (C=O) groups is 2. The normalized spacial score (nSPS) is 14.2. The number of aromatic nitrogens is 1. The van der Waals surface area contributed by atoms with Crippen molar-refractivity contribution in [3.8, 4) is 11.4 Å². The summed E-state index contributed by atoms with van der Waals surface area (Å²) in [6.07, 6.45) is 1.99. The van der Waals surface area contributed by atoms with Crippen molar-refractivity contribution in [2.45, 2.75) is 25.9 Å². The molecule has 0 bridgehead atoms. The first kappa shape index (κ1) is 24.3. The Labute approximate surface area is 215 Å². The molecule has 4 aromatic rings. The summed E-state index contributed by atoms with van der Waals surface area (Å²) in [7, 11) is 1.62. The van der Waals surface area contributed by atoms with E-state index in [-0.39, 0.29) is 24.4 Å². The third kappa shape index (κ3) is 4.48. The van der Waals surface area contributed by atoms with E-state index < -0.39 is 11.9 Å². The summed E-state index contributed by atoms with van der Waals surface area (Å²) in [6.45, 7) is 3.60. The second-order valence-electron chi connectivity index (χ2n) is 9.26. The quantitative estimate of drug-likeness (QED) is 0.348. The molecule has 7 heteroatoms. The molecule has 2 amide bonds. The number of ether oxygens (including phenoxy) is 1. The molecule has 1 aliphatic rings. The fourth-order valence-corrected chi connectivity index (χ4v) is 4.83. The lowest BCUT2D eigenvalue weighted by Crippen LogP contribution is -2.48. The maximum absolute atomic E-state index is 14.1. The Bertz CT molecular complexity index is 1430. The van der Waals surface area contributed by atoms with Crippen LogP contribution in [0, 0.1) is 5.82 Å². The van der Waals surface area contributed by atoms with E-state index in [1.807, 2.05) is 80.7 Å². The van der Waals surface area contributed by atoms with Gasteiger partial charge in [-0.25, -0.2) is 4.39 Å². The maximum atomic E-state index is 14.1. The predicted molar refractivity (Wildman–Crippen MR) is 141 cm³/mol. The fourth-order valence-electron chi connectivity index (χ4n) is 4.83. The molecular formula is C30H28FN3O3. The molecule has 1 unspecified atom stereocenters. The van der Waals surface area contributed by atoms with Crippen molar-refractivity contribution < 1.29 is 18.7 Å². The monoisotopic (exact) mass is 497 g/mol. The summed E-state index contributed by atoms with van der Waals surface area (Å²) in [5.74, 6) is -0.231. The van der Waals surface area contributed by atoms with Crippen molar-refractivity contribution in [3.05, 3.63) is 114 Å².